The summed E-state index contributed by atoms with van der Waals surface area (Å²) in [5, 5.41) is 6.96. The third kappa shape index (κ3) is 9.62. The largest absolute Gasteiger partial charge is 0.492 e. The van der Waals surface area contributed by atoms with Crippen molar-refractivity contribution in [2.45, 2.75) is 26.3 Å². The summed E-state index contributed by atoms with van der Waals surface area (Å²) in [7, 11) is -2.95. The number of nitrogens with one attached hydrogen (secondary N) is 2. The molecule has 8 heteroatoms. The molecule has 0 aromatic heterocycles. The van der Waals surface area contributed by atoms with Crippen molar-refractivity contribution in [3.8, 4) is 5.75 Å². The Kier molecular flexibility index (Phi) is 8.92. The molecule has 0 saturated heterocycles. The summed E-state index contributed by atoms with van der Waals surface area (Å²) in [6, 6.07) is 7.22. The first-order valence-electron chi connectivity index (χ1n) is 7.91. The van der Waals surface area contributed by atoms with E-state index in [0.29, 0.717) is 36.3 Å². The Labute approximate surface area is 149 Å². The molecular formula is C16H26ClN3O3S. The van der Waals surface area contributed by atoms with Crippen molar-refractivity contribution in [3.63, 3.8) is 0 Å². The van der Waals surface area contributed by atoms with E-state index >= 15 is 0 Å². The lowest BCUT2D eigenvalue weighted by Crippen LogP contribution is -2.43. The lowest BCUT2D eigenvalue weighted by molar-refractivity contribution is 0.328. The average Bonchev–Trinajstić information content (AvgIpc) is 2.49. The summed E-state index contributed by atoms with van der Waals surface area (Å²) in [6.07, 6.45) is 1.77. The van der Waals surface area contributed by atoms with Crippen LogP contribution in [0.25, 0.3) is 0 Å². The van der Waals surface area contributed by atoms with Crippen LogP contribution in [0.5, 0.6) is 5.75 Å². The third-order valence-corrected chi connectivity index (χ3v) is 4.29. The van der Waals surface area contributed by atoms with Gasteiger partial charge < -0.3 is 15.4 Å². The van der Waals surface area contributed by atoms with Gasteiger partial charge >= 0.3 is 0 Å². The van der Waals surface area contributed by atoms with Crippen molar-refractivity contribution in [1.29, 1.82) is 0 Å². The third-order valence-electron chi connectivity index (χ3n) is 3.08. The van der Waals surface area contributed by atoms with Gasteiger partial charge in [-0.25, -0.2) is 13.4 Å². The zero-order valence-electron chi connectivity index (χ0n) is 14.4. The van der Waals surface area contributed by atoms with Crippen LogP contribution in [0.1, 0.15) is 20.3 Å². The van der Waals surface area contributed by atoms with E-state index < -0.39 is 9.84 Å². The van der Waals surface area contributed by atoms with Gasteiger partial charge in [0.2, 0.25) is 0 Å². The van der Waals surface area contributed by atoms with E-state index in [0.717, 1.165) is 6.54 Å². The van der Waals surface area contributed by atoms with E-state index in [1.807, 2.05) is 26.0 Å². The van der Waals surface area contributed by atoms with E-state index in [2.05, 4.69) is 15.6 Å². The maximum absolute atomic E-state index is 11.2. The van der Waals surface area contributed by atoms with Crippen LogP contribution in [-0.4, -0.2) is 52.1 Å². The van der Waals surface area contributed by atoms with Gasteiger partial charge in [-0.05, 0) is 38.5 Å². The van der Waals surface area contributed by atoms with Gasteiger partial charge in [0.25, 0.3) is 0 Å². The van der Waals surface area contributed by atoms with Crippen LogP contribution < -0.4 is 15.4 Å². The Hall–Kier alpha value is -1.47. The fraction of sp³-hybridized carbons (Fsp3) is 0.562. The highest BCUT2D eigenvalue weighted by Crippen LogP contribution is 2.16. The number of nitrogens with zero attached hydrogens (tertiary/aromatic N) is 1. The van der Waals surface area contributed by atoms with Crippen LogP contribution in [0.2, 0.25) is 5.02 Å². The lowest BCUT2D eigenvalue weighted by Gasteiger charge is -2.17. The number of guanidine groups is 1. The van der Waals surface area contributed by atoms with Crippen LogP contribution in [0.15, 0.2) is 29.3 Å². The summed E-state index contributed by atoms with van der Waals surface area (Å²) in [5.41, 5.74) is 0. The zero-order chi connectivity index (χ0) is 18.0. The minimum Gasteiger partial charge on any atom is -0.492 e. The molecule has 0 amide bonds. The number of rotatable bonds is 9. The molecule has 1 atom stereocenters. The molecular weight excluding hydrogens is 350 g/mol. The highest BCUT2D eigenvalue weighted by Gasteiger charge is 2.09. The van der Waals surface area contributed by atoms with E-state index in [1.54, 1.807) is 12.1 Å². The molecule has 0 saturated carbocycles. The normalized spacial score (nSPS) is 13.4. The summed E-state index contributed by atoms with van der Waals surface area (Å²) >= 11 is 5.90. The van der Waals surface area contributed by atoms with Gasteiger partial charge in [-0.3, -0.25) is 0 Å². The van der Waals surface area contributed by atoms with Gasteiger partial charge in [0.05, 0.1) is 12.3 Å². The Morgan fingerprint density at radius 2 is 2.17 bits per heavy atom. The molecule has 6 nitrogen and oxygen atoms in total. The SMILES string of the molecule is CCNC(=NCCOc1cccc(Cl)c1)NC(C)CCS(C)(=O)=O. The van der Waals surface area contributed by atoms with Crippen LogP contribution >= 0.6 is 11.6 Å². The van der Waals surface area contributed by atoms with Gasteiger partial charge in [0.1, 0.15) is 22.2 Å². The second-order valence-electron chi connectivity index (χ2n) is 5.53. The molecule has 0 radical (unpaired) electrons. The van der Waals surface area contributed by atoms with Gasteiger partial charge in [-0.1, -0.05) is 17.7 Å². The predicted molar refractivity (Wildman–Crippen MR) is 99.9 cm³/mol. The lowest BCUT2D eigenvalue weighted by atomic mass is 10.3. The first-order valence-corrected chi connectivity index (χ1v) is 10.3. The molecule has 0 aliphatic heterocycles. The highest BCUT2D eigenvalue weighted by molar-refractivity contribution is 7.90. The van der Waals surface area contributed by atoms with Crippen molar-refractivity contribution in [2.75, 3.05) is 31.7 Å². The second-order valence-corrected chi connectivity index (χ2v) is 8.23. The van der Waals surface area contributed by atoms with E-state index in [-0.39, 0.29) is 11.8 Å². The van der Waals surface area contributed by atoms with Gasteiger partial charge in [0.15, 0.2) is 5.96 Å². The van der Waals surface area contributed by atoms with Crippen LogP contribution in [0, 0.1) is 0 Å². The number of ether oxygens (including phenoxy) is 1. The van der Waals surface area contributed by atoms with E-state index in [9.17, 15) is 8.42 Å². The van der Waals surface area contributed by atoms with Crippen LogP contribution in [0.3, 0.4) is 0 Å². The first-order chi connectivity index (χ1) is 11.3. The Balaban J connectivity index is 2.44. The van der Waals surface area contributed by atoms with Gasteiger partial charge in [-0.2, -0.15) is 0 Å². The number of benzene rings is 1. The topological polar surface area (TPSA) is 79.8 Å². The first kappa shape index (κ1) is 20.6. The van der Waals surface area contributed by atoms with Crippen molar-refractivity contribution < 1.29 is 13.2 Å². The summed E-state index contributed by atoms with van der Waals surface area (Å²) in [5.74, 6) is 1.50. The Bertz CT molecular complexity index is 635. The van der Waals surface area contributed by atoms with Gasteiger partial charge in [0, 0.05) is 23.9 Å². The quantitative estimate of drug-likeness (QED) is 0.392. The number of hydrogen-bond donors (Lipinski definition) is 2. The molecule has 0 spiro atoms. The monoisotopic (exact) mass is 375 g/mol. The molecule has 0 aliphatic rings. The highest BCUT2D eigenvalue weighted by atomic mass is 35.5. The minimum atomic E-state index is -2.95. The molecule has 1 aromatic rings. The van der Waals surface area contributed by atoms with Crippen molar-refractivity contribution in [2.24, 2.45) is 4.99 Å². The van der Waals surface area contributed by atoms with Gasteiger partial charge in [-0.15, -0.1) is 0 Å². The molecule has 24 heavy (non-hydrogen) atoms. The molecule has 1 unspecified atom stereocenters. The van der Waals surface area contributed by atoms with Crippen LogP contribution in [0.4, 0.5) is 0 Å². The number of hydrogen-bond acceptors (Lipinski definition) is 4. The number of aliphatic imine (C=N–C) groups is 1. The molecule has 0 heterocycles. The predicted octanol–water partition coefficient (Wildman–Crippen LogP) is 2.10. The van der Waals surface area contributed by atoms with Crippen molar-refractivity contribution >= 4 is 27.4 Å². The fourth-order valence-corrected chi connectivity index (χ4v) is 2.86. The molecule has 1 rings (SSSR count). The Morgan fingerprint density at radius 3 is 2.79 bits per heavy atom. The molecule has 1 aromatic carbocycles. The minimum absolute atomic E-state index is 0.00590. The Morgan fingerprint density at radius 1 is 1.42 bits per heavy atom. The average molecular weight is 376 g/mol. The summed E-state index contributed by atoms with van der Waals surface area (Å²) < 4.78 is 28.0. The summed E-state index contributed by atoms with van der Waals surface area (Å²) in [6.45, 7) is 5.52. The van der Waals surface area contributed by atoms with Crippen molar-refractivity contribution in [3.05, 3.63) is 29.3 Å². The molecule has 0 aliphatic carbocycles. The summed E-state index contributed by atoms with van der Waals surface area (Å²) in [4.78, 5) is 4.42. The van der Waals surface area contributed by atoms with E-state index in [1.165, 1.54) is 6.26 Å². The maximum Gasteiger partial charge on any atom is 0.191 e. The standard InChI is InChI=1S/C16H26ClN3O3S/c1-4-18-16(20-13(2)8-11-24(3,21)22)19-9-10-23-15-7-5-6-14(17)12-15/h5-7,12-13H,4,8-11H2,1-3H3,(H2,18,19,20). The van der Waals surface area contributed by atoms with E-state index in [4.69, 9.17) is 16.3 Å². The zero-order valence-corrected chi connectivity index (χ0v) is 16.0. The number of sulfone groups is 1. The molecule has 0 bridgehead atoms. The second kappa shape index (κ2) is 10.4. The van der Waals surface area contributed by atoms with Crippen LogP contribution in [-0.2, 0) is 9.84 Å². The fourth-order valence-electron chi connectivity index (χ4n) is 1.89. The molecule has 0 fully saturated rings. The van der Waals surface area contributed by atoms with Crippen molar-refractivity contribution in [1.82, 2.24) is 10.6 Å². The molecule has 136 valence electrons. The maximum atomic E-state index is 11.2. The molecule has 2 N–H and O–H groups in total. The number of halogens is 1. The smallest absolute Gasteiger partial charge is 0.191 e.